The maximum Gasteiger partial charge on any atom is 0.189 e. The number of hydrogen-bond donors (Lipinski definition) is 0. The van der Waals surface area contributed by atoms with Crippen LogP contribution in [0.4, 0.5) is 0 Å². The fraction of sp³-hybridized carbons (Fsp3) is 0.571. The van der Waals surface area contributed by atoms with Crippen molar-refractivity contribution in [2.24, 2.45) is 0 Å². The van der Waals surface area contributed by atoms with Crippen molar-refractivity contribution in [3.8, 4) is 11.5 Å². The molecule has 0 aliphatic rings. The van der Waals surface area contributed by atoms with E-state index < -0.39 is 0 Å². The van der Waals surface area contributed by atoms with E-state index in [1.807, 2.05) is 39.8 Å². The smallest absolute Gasteiger partial charge is 0.189 e. The van der Waals surface area contributed by atoms with Gasteiger partial charge in [0.15, 0.2) is 13.6 Å². The van der Waals surface area contributed by atoms with E-state index in [0.717, 1.165) is 22.6 Å². The van der Waals surface area contributed by atoms with Crippen LogP contribution in [-0.2, 0) is 9.47 Å². The third kappa shape index (κ3) is 4.55. The van der Waals surface area contributed by atoms with Crippen LogP contribution in [0.3, 0.4) is 0 Å². The monoisotopic (exact) mass is 254 g/mol. The molecule has 0 atom stereocenters. The lowest BCUT2D eigenvalue weighted by molar-refractivity contribution is 0.0193. The molecule has 1 rings (SSSR count). The van der Waals surface area contributed by atoms with Crippen LogP contribution < -0.4 is 9.47 Å². The van der Waals surface area contributed by atoms with E-state index in [9.17, 15) is 0 Å². The summed E-state index contributed by atoms with van der Waals surface area (Å²) in [6, 6.07) is 3.91. The molecular weight excluding hydrogens is 232 g/mol. The zero-order valence-corrected chi connectivity index (χ0v) is 11.6. The molecule has 0 amide bonds. The third-order valence-corrected chi connectivity index (χ3v) is 2.48. The van der Waals surface area contributed by atoms with Crippen molar-refractivity contribution >= 4 is 0 Å². The molecule has 0 radical (unpaired) electrons. The van der Waals surface area contributed by atoms with E-state index in [0.29, 0.717) is 13.2 Å². The van der Waals surface area contributed by atoms with Crippen molar-refractivity contribution in [3.05, 3.63) is 23.3 Å². The predicted octanol–water partition coefficient (Wildman–Crippen LogP) is 3.05. The highest BCUT2D eigenvalue weighted by Crippen LogP contribution is 2.27. The summed E-state index contributed by atoms with van der Waals surface area (Å²) in [5.41, 5.74) is 2.04. The first-order valence-electron chi connectivity index (χ1n) is 6.21. The highest BCUT2D eigenvalue weighted by molar-refractivity contribution is 5.45. The first-order valence-corrected chi connectivity index (χ1v) is 6.21. The molecule has 0 unspecified atom stereocenters. The van der Waals surface area contributed by atoms with E-state index >= 15 is 0 Å². The zero-order chi connectivity index (χ0) is 13.4. The van der Waals surface area contributed by atoms with Crippen LogP contribution in [0.15, 0.2) is 12.1 Å². The Bertz CT molecular complexity index is 327. The van der Waals surface area contributed by atoms with Gasteiger partial charge >= 0.3 is 0 Å². The van der Waals surface area contributed by atoms with Gasteiger partial charge < -0.3 is 18.9 Å². The van der Waals surface area contributed by atoms with Gasteiger partial charge in [0.05, 0.1) is 0 Å². The molecular formula is C14H22O4. The summed E-state index contributed by atoms with van der Waals surface area (Å²) in [5.74, 6) is 1.65. The van der Waals surface area contributed by atoms with E-state index in [1.165, 1.54) is 0 Å². The minimum atomic E-state index is 0.274. The minimum absolute atomic E-state index is 0.274. The molecule has 0 N–H and O–H groups in total. The number of benzene rings is 1. The van der Waals surface area contributed by atoms with Gasteiger partial charge in [-0.25, -0.2) is 0 Å². The van der Waals surface area contributed by atoms with Crippen LogP contribution in [-0.4, -0.2) is 26.8 Å². The summed E-state index contributed by atoms with van der Waals surface area (Å²) in [6.07, 6.45) is 0. The number of aryl methyl sites for hydroxylation is 2. The minimum Gasteiger partial charge on any atom is -0.467 e. The summed E-state index contributed by atoms with van der Waals surface area (Å²) < 4.78 is 21.4. The highest BCUT2D eigenvalue weighted by Gasteiger charge is 2.06. The Hall–Kier alpha value is -1.26. The lowest BCUT2D eigenvalue weighted by Gasteiger charge is -2.14. The largest absolute Gasteiger partial charge is 0.467 e. The predicted molar refractivity (Wildman–Crippen MR) is 70.2 cm³/mol. The van der Waals surface area contributed by atoms with Gasteiger partial charge in [-0.15, -0.1) is 0 Å². The molecule has 1 aromatic carbocycles. The maximum atomic E-state index is 5.53. The van der Waals surface area contributed by atoms with Gasteiger partial charge in [0, 0.05) is 13.2 Å². The lowest BCUT2D eigenvalue weighted by atomic mass is 10.1. The van der Waals surface area contributed by atoms with Gasteiger partial charge in [-0.2, -0.15) is 0 Å². The zero-order valence-electron chi connectivity index (χ0n) is 11.6. The van der Waals surface area contributed by atoms with Gasteiger partial charge in [-0.05, 0) is 51.0 Å². The molecule has 18 heavy (non-hydrogen) atoms. The van der Waals surface area contributed by atoms with Crippen molar-refractivity contribution in [2.45, 2.75) is 27.7 Å². The fourth-order valence-corrected chi connectivity index (χ4v) is 1.45. The van der Waals surface area contributed by atoms with Gasteiger partial charge in [-0.1, -0.05) is 0 Å². The summed E-state index contributed by atoms with van der Waals surface area (Å²) in [4.78, 5) is 0. The molecule has 0 bridgehead atoms. The lowest BCUT2D eigenvalue weighted by Crippen LogP contribution is -2.06. The van der Waals surface area contributed by atoms with E-state index in [4.69, 9.17) is 18.9 Å². The average Bonchev–Trinajstić information content (AvgIpc) is 2.35. The summed E-state index contributed by atoms with van der Waals surface area (Å²) in [7, 11) is 0. The van der Waals surface area contributed by atoms with Crippen molar-refractivity contribution in [1.29, 1.82) is 0 Å². The van der Waals surface area contributed by atoms with Gasteiger partial charge in [-0.3, -0.25) is 0 Å². The second-order valence-corrected chi connectivity index (χ2v) is 3.89. The Morgan fingerprint density at radius 2 is 1.17 bits per heavy atom. The second-order valence-electron chi connectivity index (χ2n) is 3.89. The Morgan fingerprint density at radius 1 is 0.778 bits per heavy atom. The van der Waals surface area contributed by atoms with E-state index in [2.05, 4.69) is 0 Å². The van der Waals surface area contributed by atoms with Gasteiger partial charge in [0.1, 0.15) is 11.5 Å². The Balaban J connectivity index is 2.64. The molecule has 0 heterocycles. The Labute approximate surface area is 109 Å². The first kappa shape index (κ1) is 14.8. The van der Waals surface area contributed by atoms with Crippen LogP contribution in [0.25, 0.3) is 0 Å². The summed E-state index contributed by atoms with van der Waals surface area (Å²) in [6.45, 7) is 9.67. The van der Waals surface area contributed by atoms with E-state index in [1.54, 1.807) is 0 Å². The molecule has 4 nitrogen and oxygen atoms in total. The van der Waals surface area contributed by atoms with E-state index in [-0.39, 0.29) is 13.6 Å². The molecule has 0 aromatic heterocycles. The Kier molecular flexibility index (Phi) is 6.54. The normalized spacial score (nSPS) is 10.4. The molecule has 0 aliphatic carbocycles. The van der Waals surface area contributed by atoms with Crippen molar-refractivity contribution in [3.63, 3.8) is 0 Å². The first-order chi connectivity index (χ1) is 8.69. The molecule has 0 saturated heterocycles. The molecule has 0 saturated carbocycles. The molecule has 1 aromatic rings. The SMILES string of the molecule is CCOCOc1cc(C)c(OCOCC)cc1C. The standard InChI is InChI=1S/C14H22O4/c1-5-15-9-17-13-7-12(4)14(8-11(13)3)18-10-16-6-2/h7-8H,5-6,9-10H2,1-4H3. The topological polar surface area (TPSA) is 36.9 Å². The number of rotatable bonds is 8. The average molecular weight is 254 g/mol. The molecule has 102 valence electrons. The molecule has 4 heteroatoms. The third-order valence-electron chi connectivity index (χ3n) is 2.48. The quantitative estimate of drug-likeness (QED) is 0.528. The van der Waals surface area contributed by atoms with Crippen molar-refractivity contribution in [1.82, 2.24) is 0 Å². The fourth-order valence-electron chi connectivity index (χ4n) is 1.45. The number of ether oxygens (including phenoxy) is 4. The summed E-state index contributed by atoms with van der Waals surface area (Å²) >= 11 is 0. The molecule has 0 fully saturated rings. The van der Waals surface area contributed by atoms with Crippen molar-refractivity contribution < 1.29 is 18.9 Å². The highest BCUT2D eigenvalue weighted by atomic mass is 16.7. The van der Waals surface area contributed by atoms with Crippen LogP contribution in [0.5, 0.6) is 11.5 Å². The van der Waals surface area contributed by atoms with Crippen LogP contribution in [0, 0.1) is 13.8 Å². The van der Waals surface area contributed by atoms with Crippen LogP contribution in [0.2, 0.25) is 0 Å². The van der Waals surface area contributed by atoms with Crippen molar-refractivity contribution in [2.75, 3.05) is 26.8 Å². The molecule has 0 spiro atoms. The van der Waals surface area contributed by atoms with Crippen LogP contribution in [0.1, 0.15) is 25.0 Å². The second kappa shape index (κ2) is 7.95. The number of hydrogen-bond acceptors (Lipinski definition) is 4. The summed E-state index contributed by atoms with van der Waals surface area (Å²) in [5, 5.41) is 0. The maximum absolute atomic E-state index is 5.53. The van der Waals surface area contributed by atoms with Crippen LogP contribution >= 0.6 is 0 Å². The molecule has 0 aliphatic heterocycles. The Morgan fingerprint density at radius 3 is 1.50 bits per heavy atom. The van der Waals surface area contributed by atoms with Gasteiger partial charge in [0.25, 0.3) is 0 Å². The van der Waals surface area contributed by atoms with Gasteiger partial charge in [0.2, 0.25) is 0 Å².